The van der Waals surface area contributed by atoms with Crippen molar-refractivity contribution in [2.45, 2.75) is 24.0 Å². The highest BCUT2D eigenvalue weighted by molar-refractivity contribution is 7.90. The first-order valence-corrected chi connectivity index (χ1v) is 10.1. The molecular weight excluding hydrogens is 404 g/mol. The highest BCUT2D eigenvalue weighted by Gasteiger charge is 2.31. The molecule has 1 amide bonds. The van der Waals surface area contributed by atoms with E-state index in [4.69, 9.17) is 0 Å². The third-order valence-corrected chi connectivity index (χ3v) is 5.84. The first-order valence-electron chi connectivity index (χ1n) is 8.68. The normalized spacial score (nSPS) is 16.5. The van der Waals surface area contributed by atoms with E-state index in [0.29, 0.717) is 5.56 Å². The van der Waals surface area contributed by atoms with Gasteiger partial charge in [0, 0.05) is 12.6 Å². The van der Waals surface area contributed by atoms with Gasteiger partial charge in [-0.1, -0.05) is 18.2 Å². The summed E-state index contributed by atoms with van der Waals surface area (Å²) in [6.45, 7) is 1.13. The number of nitrogens with zero attached hydrogens (tertiary/aromatic N) is 2. The van der Waals surface area contributed by atoms with E-state index in [0.717, 1.165) is 12.1 Å². The molecule has 0 spiro atoms. The average Bonchev–Trinajstić information content (AvgIpc) is 2.93. The summed E-state index contributed by atoms with van der Waals surface area (Å²) in [6.07, 6.45) is -1.60. The van der Waals surface area contributed by atoms with Crippen molar-refractivity contribution in [3.05, 3.63) is 65.2 Å². The zero-order chi connectivity index (χ0) is 21.3. The van der Waals surface area contributed by atoms with Crippen molar-refractivity contribution < 1.29 is 27.1 Å². The molecule has 10 heteroatoms. The summed E-state index contributed by atoms with van der Waals surface area (Å²) < 4.78 is 55.6. The second-order valence-electron chi connectivity index (χ2n) is 6.68. The number of hydrogen-bond donors (Lipinski definition) is 2. The average molecular weight is 423 g/mol. The molecule has 1 aliphatic rings. The molecule has 0 fully saturated rings. The Morgan fingerprint density at radius 2 is 1.79 bits per heavy atom. The molecular formula is C19H19F2N3O4S. The lowest BCUT2D eigenvalue weighted by Crippen LogP contribution is -2.44. The van der Waals surface area contributed by atoms with Crippen molar-refractivity contribution in [2.24, 2.45) is 4.40 Å². The van der Waals surface area contributed by atoms with Crippen LogP contribution in [-0.4, -0.2) is 49.8 Å². The number of amides is 1. The molecule has 7 nitrogen and oxygen atoms in total. The van der Waals surface area contributed by atoms with Crippen LogP contribution in [0, 0.1) is 11.6 Å². The monoisotopic (exact) mass is 423 g/mol. The molecule has 0 saturated heterocycles. The van der Waals surface area contributed by atoms with Crippen LogP contribution in [0.1, 0.15) is 24.2 Å². The number of sulfonamides is 1. The summed E-state index contributed by atoms with van der Waals surface area (Å²) in [5.41, 5.74) is -0.154. The van der Waals surface area contributed by atoms with Crippen molar-refractivity contribution in [2.75, 3.05) is 13.6 Å². The number of benzene rings is 2. The van der Waals surface area contributed by atoms with Gasteiger partial charge >= 0.3 is 0 Å². The lowest BCUT2D eigenvalue weighted by molar-refractivity contribution is -0.122. The molecule has 2 aromatic rings. The molecule has 2 aromatic carbocycles. The molecule has 154 valence electrons. The minimum Gasteiger partial charge on any atom is -0.386 e. The summed E-state index contributed by atoms with van der Waals surface area (Å²) in [4.78, 5) is 13.7. The number of fused-ring (bicyclic) bond motifs is 1. The van der Waals surface area contributed by atoms with Crippen molar-refractivity contribution in [1.29, 1.82) is 0 Å². The van der Waals surface area contributed by atoms with Crippen LogP contribution in [0.2, 0.25) is 0 Å². The number of rotatable bonds is 5. The number of halogens is 2. The van der Waals surface area contributed by atoms with Crippen LogP contribution in [0.15, 0.2) is 51.8 Å². The fourth-order valence-corrected chi connectivity index (χ4v) is 4.33. The summed E-state index contributed by atoms with van der Waals surface area (Å²) >= 11 is 0. The Balaban J connectivity index is 1.70. The Morgan fingerprint density at radius 3 is 2.45 bits per heavy atom. The Morgan fingerprint density at radius 1 is 1.17 bits per heavy atom. The number of likely N-dealkylation sites (N-methyl/N-ethyl adjacent to an activating group) is 1. The van der Waals surface area contributed by atoms with Gasteiger partial charge in [0.2, 0.25) is 5.91 Å². The molecule has 3 rings (SSSR count). The standard InChI is InChI=1S/C19H19F2N3O4S/c1-11(18(26)17-13(20)7-5-8-14(17)21)22-16(25)10-24(2)19-12-6-3-4-9-15(12)29(27,28)23-19/h3-9,11,18,26H,10H2,1-2H3,(H,22,25). The van der Waals surface area contributed by atoms with Gasteiger partial charge in [0.25, 0.3) is 10.0 Å². The SMILES string of the molecule is CC(NC(=O)CN(C)C1=NS(=O)(=O)c2ccccc21)C(O)c1c(F)cccc1F. The van der Waals surface area contributed by atoms with Crippen LogP contribution in [0.3, 0.4) is 0 Å². The molecule has 0 aromatic heterocycles. The van der Waals surface area contributed by atoms with Crippen LogP contribution in [0.4, 0.5) is 8.78 Å². The zero-order valence-corrected chi connectivity index (χ0v) is 16.5. The lowest BCUT2D eigenvalue weighted by atomic mass is 10.0. The van der Waals surface area contributed by atoms with Crippen molar-refractivity contribution in [3.63, 3.8) is 0 Å². The third kappa shape index (κ3) is 4.13. The molecule has 0 radical (unpaired) electrons. The van der Waals surface area contributed by atoms with E-state index in [1.807, 2.05) is 0 Å². The molecule has 2 N–H and O–H groups in total. The maximum absolute atomic E-state index is 13.8. The summed E-state index contributed by atoms with van der Waals surface area (Å²) in [7, 11) is -2.33. The van der Waals surface area contributed by atoms with E-state index >= 15 is 0 Å². The van der Waals surface area contributed by atoms with Gasteiger partial charge in [0.1, 0.15) is 22.6 Å². The second-order valence-corrected chi connectivity index (χ2v) is 8.25. The predicted octanol–water partition coefficient (Wildman–Crippen LogP) is 1.58. The largest absolute Gasteiger partial charge is 0.386 e. The van der Waals surface area contributed by atoms with E-state index in [2.05, 4.69) is 9.71 Å². The summed E-state index contributed by atoms with van der Waals surface area (Å²) in [5, 5.41) is 12.7. The molecule has 29 heavy (non-hydrogen) atoms. The number of carbonyl (C=O) groups is 1. The molecule has 1 aliphatic heterocycles. The summed E-state index contributed by atoms with van der Waals surface area (Å²) in [5.74, 6) is -2.31. The maximum atomic E-state index is 13.8. The quantitative estimate of drug-likeness (QED) is 0.761. The van der Waals surface area contributed by atoms with Crippen molar-refractivity contribution in [1.82, 2.24) is 10.2 Å². The van der Waals surface area contributed by atoms with E-state index in [9.17, 15) is 27.1 Å². The maximum Gasteiger partial charge on any atom is 0.285 e. The van der Waals surface area contributed by atoms with E-state index in [1.54, 1.807) is 18.2 Å². The number of aliphatic hydroxyl groups is 1. The van der Waals surface area contributed by atoms with Gasteiger partial charge in [-0.05, 0) is 31.2 Å². The molecule has 2 atom stereocenters. The highest BCUT2D eigenvalue weighted by atomic mass is 32.2. The van der Waals surface area contributed by atoms with Gasteiger partial charge in [-0.3, -0.25) is 4.79 Å². The van der Waals surface area contributed by atoms with Crippen LogP contribution >= 0.6 is 0 Å². The zero-order valence-electron chi connectivity index (χ0n) is 15.6. The fraction of sp³-hybridized carbons (Fsp3) is 0.263. The van der Waals surface area contributed by atoms with Crippen molar-refractivity contribution in [3.8, 4) is 0 Å². The number of nitrogens with one attached hydrogen (secondary N) is 1. The van der Waals surface area contributed by atoms with Crippen LogP contribution < -0.4 is 5.32 Å². The van der Waals surface area contributed by atoms with E-state index in [1.165, 1.54) is 31.0 Å². The molecule has 2 unspecified atom stereocenters. The van der Waals surface area contributed by atoms with Crippen LogP contribution in [-0.2, 0) is 14.8 Å². The second kappa shape index (κ2) is 7.88. The molecule has 0 saturated carbocycles. The number of carbonyl (C=O) groups excluding carboxylic acids is 1. The van der Waals surface area contributed by atoms with Gasteiger partial charge in [0.05, 0.1) is 18.2 Å². The van der Waals surface area contributed by atoms with Gasteiger partial charge in [0.15, 0.2) is 5.84 Å². The molecule has 0 aliphatic carbocycles. The fourth-order valence-electron chi connectivity index (χ4n) is 3.08. The minimum absolute atomic E-state index is 0.0566. The van der Waals surface area contributed by atoms with Gasteiger partial charge in [-0.2, -0.15) is 8.42 Å². The summed E-state index contributed by atoms with van der Waals surface area (Å²) in [6, 6.07) is 8.45. The number of aliphatic hydroxyl groups excluding tert-OH is 1. The van der Waals surface area contributed by atoms with Crippen LogP contribution in [0.25, 0.3) is 0 Å². The number of amidine groups is 1. The Bertz CT molecular complexity index is 1070. The van der Waals surface area contributed by atoms with Crippen LogP contribution in [0.5, 0.6) is 0 Å². The first-order chi connectivity index (χ1) is 13.6. The first kappa shape index (κ1) is 20.9. The van der Waals surface area contributed by atoms with Crippen molar-refractivity contribution >= 4 is 21.8 Å². The topological polar surface area (TPSA) is 99.1 Å². The van der Waals surface area contributed by atoms with Gasteiger partial charge in [-0.25, -0.2) is 8.78 Å². The molecule has 0 bridgehead atoms. The lowest BCUT2D eigenvalue weighted by Gasteiger charge is -2.24. The van der Waals surface area contributed by atoms with E-state index in [-0.39, 0.29) is 17.3 Å². The minimum atomic E-state index is -3.83. The third-order valence-electron chi connectivity index (χ3n) is 4.51. The van der Waals surface area contributed by atoms with E-state index < -0.39 is 45.3 Å². The smallest absolute Gasteiger partial charge is 0.285 e. The Kier molecular flexibility index (Phi) is 5.67. The van der Waals surface area contributed by atoms with Gasteiger partial charge in [-0.15, -0.1) is 4.40 Å². The Labute approximate surface area is 166 Å². The van der Waals surface area contributed by atoms with Gasteiger partial charge < -0.3 is 15.3 Å². The Hall–Kier alpha value is -2.85. The molecule has 1 heterocycles. The number of hydrogen-bond acceptors (Lipinski definition) is 5. The highest BCUT2D eigenvalue weighted by Crippen LogP contribution is 2.27. The predicted molar refractivity (Wildman–Crippen MR) is 102 cm³/mol.